The van der Waals surface area contributed by atoms with Gasteiger partial charge in [0.2, 0.25) is 0 Å². The Kier molecular flexibility index (Phi) is 4.32. The molecule has 19 heavy (non-hydrogen) atoms. The number of fused-ring (bicyclic) bond motifs is 1. The fraction of sp³-hybridized carbons (Fsp3) is 0.267. The molecule has 0 aromatic heterocycles. The highest BCUT2D eigenvalue weighted by molar-refractivity contribution is 7.85. The summed E-state index contributed by atoms with van der Waals surface area (Å²) in [4.78, 5) is 11.0. The molecule has 100 valence electrons. The molecule has 0 saturated carbocycles. The molecule has 2 unspecified atom stereocenters. The molecular weight excluding hydrogens is 260 g/mol. The largest absolute Gasteiger partial charge is 0.480 e. The molecule has 4 heteroatoms. The van der Waals surface area contributed by atoms with Crippen molar-refractivity contribution in [3.63, 3.8) is 0 Å². The lowest BCUT2D eigenvalue weighted by atomic mass is 10.1. The van der Waals surface area contributed by atoms with E-state index in [1.807, 2.05) is 42.5 Å². The lowest BCUT2D eigenvalue weighted by molar-refractivity contribution is -0.136. The van der Waals surface area contributed by atoms with Gasteiger partial charge in [0.05, 0.1) is 5.75 Å². The molecule has 0 heterocycles. The van der Waals surface area contributed by atoms with Crippen LogP contribution in [0.5, 0.6) is 0 Å². The van der Waals surface area contributed by atoms with Gasteiger partial charge in [0.1, 0.15) is 5.25 Å². The Morgan fingerprint density at radius 2 is 1.89 bits per heavy atom. The summed E-state index contributed by atoms with van der Waals surface area (Å²) in [6.45, 7) is 1.75. The molecule has 2 aromatic carbocycles. The van der Waals surface area contributed by atoms with Gasteiger partial charge in [0.25, 0.3) is 0 Å². The van der Waals surface area contributed by atoms with E-state index in [0.717, 1.165) is 16.3 Å². The standard InChI is InChI=1S/C15H16O3S/c1-2-14(15(16)17)19(18)10-12-8-5-7-11-6-3-4-9-13(11)12/h3-9,14H,2,10H2,1H3,(H,16,17). The first-order valence-corrected chi connectivity index (χ1v) is 7.58. The molecule has 0 amide bonds. The first-order chi connectivity index (χ1) is 9.13. The average Bonchev–Trinajstić information content (AvgIpc) is 2.39. The van der Waals surface area contributed by atoms with Crippen molar-refractivity contribution in [1.82, 2.24) is 0 Å². The van der Waals surface area contributed by atoms with Crippen LogP contribution in [0.4, 0.5) is 0 Å². The summed E-state index contributed by atoms with van der Waals surface area (Å²) in [5, 5.41) is 10.4. The number of aliphatic carboxylic acids is 1. The first kappa shape index (κ1) is 13.7. The van der Waals surface area contributed by atoms with Gasteiger partial charge < -0.3 is 5.11 Å². The van der Waals surface area contributed by atoms with E-state index in [0.29, 0.717) is 6.42 Å². The highest BCUT2D eigenvalue weighted by atomic mass is 32.2. The van der Waals surface area contributed by atoms with Crippen LogP contribution in [0.1, 0.15) is 18.9 Å². The van der Waals surface area contributed by atoms with E-state index >= 15 is 0 Å². The van der Waals surface area contributed by atoms with Crippen molar-refractivity contribution in [3.05, 3.63) is 48.0 Å². The molecule has 0 aliphatic rings. The summed E-state index contributed by atoms with van der Waals surface area (Å²) < 4.78 is 12.2. The molecule has 1 N–H and O–H groups in total. The van der Waals surface area contributed by atoms with E-state index in [1.165, 1.54) is 0 Å². The Hall–Kier alpha value is -1.68. The Morgan fingerprint density at radius 1 is 1.21 bits per heavy atom. The SMILES string of the molecule is CCC(C(=O)O)S(=O)Cc1cccc2ccccc12. The van der Waals surface area contributed by atoms with E-state index in [1.54, 1.807) is 6.92 Å². The van der Waals surface area contributed by atoms with Crippen molar-refractivity contribution >= 4 is 27.5 Å². The molecule has 2 aromatic rings. The first-order valence-electron chi connectivity index (χ1n) is 6.20. The van der Waals surface area contributed by atoms with Gasteiger partial charge in [-0.05, 0) is 22.8 Å². The molecule has 0 spiro atoms. The van der Waals surface area contributed by atoms with Crippen LogP contribution in [0.25, 0.3) is 10.8 Å². The second-order valence-corrected chi connectivity index (χ2v) is 6.02. The number of carboxylic acids is 1. The Balaban J connectivity index is 2.31. The van der Waals surface area contributed by atoms with Gasteiger partial charge in [-0.3, -0.25) is 9.00 Å². The smallest absolute Gasteiger partial charge is 0.319 e. The summed E-state index contributed by atoms with van der Waals surface area (Å²) in [5.41, 5.74) is 0.941. The fourth-order valence-electron chi connectivity index (χ4n) is 2.15. The Labute approximate surface area is 114 Å². The number of hydrogen-bond donors (Lipinski definition) is 1. The van der Waals surface area contributed by atoms with Gasteiger partial charge in [-0.15, -0.1) is 0 Å². The highest BCUT2D eigenvalue weighted by Crippen LogP contribution is 2.21. The quantitative estimate of drug-likeness (QED) is 0.913. The van der Waals surface area contributed by atoms with Gasteiger partial charge in [-0.25, -0.2) is 0 Å². The highest BCUT2D eigenvalue weighted by Gasteiger charge is 2.22. The predicted octanol–water partition coefficient (Wildman–Crippen LogP) is 2.95. The maximum absolute atomic E-state index is 12.2. The van der Waals surface area contributed by atoms with E-state index in [4.69, 9.17) is 5.11 Å². The van der Waals surface area contributed by atoms with E-state index in [9.17, 15) is 9.00 Å². The lowest BCUT2D eigenvalue weighted by Crippen LogP contribution is -2.25. The topological polar surface area (TPSA) is 54.4 Å². The maximum Gasteiger partial charge on any atom is 0.319 e. The third kappa shape index (κ3) is 3.01. The van der Waals surface area contributed by atoms with Gasteiger partial charge in [-0.2, -0.15) is 0 Å². The van der Waals surface area contributed by atoms with Crippen LogP contribution in [-0.4, -0.2) is 20.5 Å². The van der Waals surface area contributed by atoms with Crippen molar-refractivity contribution in [3.8, 4) is 0 Å². The molecule has 0 saturated heterocycles. The van der Waals surface area contributed by atoms with Crippen molar-refractivity contribution in [2.24, 2.45) is 0 Å². The minimum Gasteiger partial charge on any atom is -0.480 e. The number of carbonyl (C=O) groups is 1. The normalized spacial score (nSPS) is 14.2. The van der Waals surface area contributed by atoms with Crippen molar-refractivity contribution in [2.75, 3.05) is 0 Å². The molecule has 0 fully saturated rings. The van der Waals surface area contributed by atoms with Crippen LogP contribution in [0.3, 0.4) is 0 Å². The van der Waals surface area contributed by atoms with Crippen LogP contribution < -0.4 is 0 Å². The zero-order chi connectivity index (χ0) is 13.8. The third-order valence-corrected chi connectivity index (χ3v) is 4.91. The summed E-state index contributed by atoms with van der Waals surface area (Å²) in [6.07, 6.45) is 0.382. The van der Waals surface area contributed by atoms with Crippen molar-refractivity contribution in [2.45, 2.75) is 24.3 Å². The monoisotopic (exact) mass is 276 g/mol. The number of benzene rings is 2. The third-order valence-electron chi connectivity index (χ3n) is 3.14. The molecule has 0 radical (unpaired) electrons. The summed E-state index contributed by atoms with van der Waals surface area (Å²) in [7, 11) is -1.39. The van der Waals surface area contributed by atoms with E-state index in [2.05, 4.69) is 0 Å². The van der Waals surface area contributed by atoms with Crippen LogP contribution in [0.2, 0.25) is 0 Å². The number of hydrogen-bond acceptors (Lipinski definition) is 2. The summed E-state index contributed by atoms with van der Waals surface area (Å²) >= 11 is 0. The molecular formula is C15H16O3S. The second kappa shape index (κ2) is 5.97. The van der Waals surface area contributed by atoms with Crippen molar-refractivity contribution < 1.29 is 14.1 Å². The van der Waals surface area contributed by atoms with Crippen LogP contribution in [-0.2, 0) is 21.3 Å². The summed E-state index contributed by atoms with van der Waals surface area (Å²) in [6, 6.07) is 13.7. The molecule has 2 rings (SSSR count). The van der Waals surface area contributed by atoms with Crippen LogP contribution in [0, 0.1) is 0 Å². The molecule has 0 aliphatic heterocycles. The molecule has 0 bridgehead atoms. The molecule has 0 aliphatic carbocycles. The number of carboxylic acid groups (broad SMARTS) is 1. The molecule has 3 nitrogen and oxygen atoms in total. The fourth-order valence-corrected chi connectivity index (χ4v) is 3.50. The van der Waals surface area contributed by atoms with Gasteiger partial charge in [0.15, 0.2) is 0 Å². The minimum absolute atomic E-state index is 0.284. The van der Waals surface area contributed by atoms with E-state index in [-0.39, 0.29) is 5.75 Å². The van der Waals surface area contributed by atoms with Gasteiger partial charge >= 0.3 is 5.97 Å². The molecule has 2 atom stereocenters. The van der Waals surface area contributed by atoms with Gasteiger partial charge in [-0.1, -0.05) is 49.4 Å². The van der Waals surface area contributed by atoms with Crippen molar-refractivity contribution in [1.29, 1.82) is 0 Å². The van der Waals surface area contributed by atoms with Crippen LogP contribution in [0.15, 0.2) is 42.5 Å². The zero-order valence-electron chi connectivity index (χ0n) is 10.7. The minimum atomic E-state index is -1.39. The lowest BCUT2D eigenvalue weighted by Gasteiger charge is -2.11. The Morgan fingerprint density at radius 3 is 2.58 bits per heavy atom. The maximum atomic E-state index is 12.2. The zero-order valence-corrected chi connectivity index (χ0v) is 11.5. The average molecular weight is 276 g/mol. The Bertz CT molecular complexity index is 616. The second-order valence-electron chi connectivity index (χ2n) is 4.40. The van der Waals surface area contributed by atoms with E-state index < -0.39 is 22.0 Å². The predicted molar refractivity (Wildman–Crippen MR) is 77.5 cm³/mol. The number of rotatable bonds is 5. The van der Waals surface area contributed by atoms with Crippen LogP contribution >= 0.6 is 0 Å². The van der Waals surface area contributed by atoms with Gasteiger partial charge in [0, 0.05) is 10.8 Å². The summed E-state index contributed by atoms with van der Waals surface area (Å²) in [5.74, 6) is -0.701.